The van der Waals surface area contributed by atoms with E-state index >= 15 is 0 Å². The summed E-state index contributed by atoms with van der Waals surface area (Å²) in [5, 5.41) is 6.23. The van der Waals surface area contributed by atoms with Gasteiger partial charge in [0.1, 0.15) is 22.3 Å². The van der Waals surface area contributed by atoms with Gasteiger partial charge in [-0.05, 0) is 104 Å². The first-order valence-corrected chi connectivity index (χ1v) is 26.5. The summed E-state index contributed by atoms with van der Waals surface area (Å²) >= 11 is 1.78. The van der Waals surface area contributed by atoms with Gasteiger partial charge in [0.15, 0.2) is 17.5 Å². The van der Waals surface area contributed by atoms with Gasteiger partial charge in [0.05, 0.1) is 5.41 Å². The Kier molecular flexibility index (Phi) is 9.35. The number of hydrogen-bond acceptors (Lipinski definition) is 6. The first kappa shape index (κ1) is 42.7. The third-order valence-electron chi connectivity index (χ3n) is 15.7. The molecule has 4 aromatic heterocycles. The van der Waals surface area contributed by atoms with Gasteiger partial charge in [0.2, 0.25) is 0 Å². The van der Waals surface area contributed by atoms with Crippen LogP contribution in [-0.2, 0) is 5.41 Å². The van der Waals surface area contributed by atoms with E-state index in [4.69, 9.17) is 23.8 Å². The van der Waals surface area contributed by atoms with Gasteiger partial charge in [-0.25, -0.2) is 15.0 Å². The summed E-state index contributed by atoms with van der Waals surface area (Å²) in [7, 11) is 0. The second kappa shape index (κ2) is 16.6. The maximum absolute atomic E-state index is 6.66. The molecule has 1 aliphatic carbocycles. The largest absolute Gasteiger partial charge is 0.456 e. The van der Waals surface area contributed by atoms with Gasteiger partial charge in [-0.3, -0.25) is 0 Å². The third kappa shape index (κ3) is 6.35. The molecule has 11 aromatic carbocycles. The molecule has 0 bridgehead atoms. The van der Waals surface area contributed by atoms with E-state index in [-0.39, 0.29) is 0 Å². The molecule has 15 aromatic rings. The van der Waals surface area contributed by atoms with Crippen molar-refractivity contribution in [2.24, 2.45) is 0 Å². The van der Waals surface area contributed by atoms with Crippen LogP contribution in [0.5, 0.6) is 0 Å². The Balaban J connectivity index is 0.835. The average Bonchev–Trinajstić information content (AvgIpc) is 4.28. The molecule has 0 atom stereocenters. The highest BCUT2D eigenvalue weighted by atomic mass is 32.1. The van der Waals surface area contributed by atoms with E-state index in [1.165, 1.54) is 53.7 Å². The molecule has 16 rings (SSSR count). The summed E-state index contributed by atoms with van der Waals surface area (Å²) < 4.78 is 15.5. The van der Waals surface area contributed by atoms with E-state index < -0.39 is 5.41 Å². The molecule has 0 saturated heterocycles. The number of rotatable bonds is 7. The fraction of sp³-hybridized carbons (Fsp3) is 0.0143. The van der Waals surface area contributed by atoms with Crippen molar-refractivity contribution in [3.63, 3.8) is 0 Å². The van der Waals surface area contributed by atoms with E-state index in [1.807, 2.05) is 42.5 Å². The second-order valence-electron chi connectivity index (χ2n) is 19.7. The number of thiophene rings is 1. The Bertz CT molecular complexity index is 4650. The highest BCUT2D eigenvalue weighted by Gasteiger charge is 2.46. The minimum atomic E-state index is -0.466. The Morgan fingerprint density at radius 2 is 0.750 bits per heavy atom. The highest BCUT2D eigenvalue weighted by molar-refractivity contribution is 7.25. The van der Waals surface area contributed by atoms with Crippen molar-refractivity contribution in [3.8, 4) is 67.5 Å². The van der Waals surface area contributed by atoms with Crippen molar-refractivity contribution in [2.75, 3.05) is 0 Å². The molecule has 354 valence electrons. The Hall–Kier alpha value is -9.75. The first-order chi connectivity index (χ1) is 37.7. The summed E-state index contributed by atoms with van der Waals surface area (Å²) in [6, 6.07) is 88.8. The van der Waals surface area contributed by atoms with Gasteiger partial charge in [-0.15, -0.1) is 11.3 Å². The van der Waals surface area contributed by atoms with Gasteiger partial charge in [0.25, 0.3) is 0 Å². The standard InChI is InChI=1S/C70H41N3O2S/c1-3-16-46(17-4-1)70(47-18-5-2-6-19-47)56-26-10-7-20-48(56)49-38-36-45(41-57(49)70)43-34-32-42(33-35-43)44-37-39-59-55(40-44)65-53(24-14-29-61(65)75-59)68-71-67(52-23-13-28-60-64(52)50-21-8-11-27-58(50)74-60)72-69(73-68)54-25-15-31-63-66(54)51-22-9-12-30-62(51)76-63/h1-41H. The van der Waals surface area contributed by atoms with E-state index in [0.717, 1.165) is 82.6 Å². The van der Waals surface area contributed by atoms with Crippen molar-refractivity contribution in [1.82, 2.24) is 15.0 Å². The van der Waals surface area contributed by atoms with Crippen LogP contribution >= 0.6 is 11.3 Å². The molecule has 4 heterocycles. The first-order valence-electron chi connectivity index (χ1n) is 25.6. The lowest BCUT2D eigenvalue weighted by atomic mass is 9.67. The molecule has 0 fully saturated rings. The monoisotopic (exact) mass is 987 g/mol. The SMILES string of the molecule is c1ccc(C2(c3ccccc3)c3ccccc3-c3ccc(-c4ccc(-c5ccc6oc7cccc(-c8nc(-c9cccc%10oc%11ccccc%11c9%10)nc(-c9cccc%10sc%11ccccc%11c9%10)n8)c7c6c5)cc4)cc32)cc1. The van der Waals surface area contributed by atoms with Crippen LogP contribution in [0.2, 0.25) is 0 Å². The predicted molar refractivity (Wildman–Crippen MR) is 312 cm³/mol. The number of nitrogens with zero attached hydrogens (tertiary/aromatic N) is 3. The lowest BCUT2D eigenvalue weighted by Crippen LogP contribution is -2.28. The zero-order valence-corrected chi connectivity index (χ0v) is 41.6. The predicted octanol–water partition coefficient (Wildman–Crippen LogP) is 18.7. The minimum Gasteiger partial charge on any atom is -0.456 e. The van der Waals surface area contributed by atoms with E-state index in [9.17, 15) is 0 Å². The Morgan fingerprint density at radius 3 is 1.43 bits per heavy atom. The van der Waals surface area contributed by atoms with Crippen LogP contribution in [0.15, 0.2) is 258 Å². The van der Waals surface area contributed by atoms with Crippen molar-refractivity contribution in [3.05, 3.63) is 271 Å². The molecule has 0 radical (unpaired) electrons. The quantitative estimate of drug-likeness (QED) is 0.159. The van der Waals surface area contributed by atoms with Gasteiger partial charge in [-0.1, -0.05) is 200 Å². The molecule has 5 nitrogen and oxygen atoms in total. The number of benzene rings is 11. The molecular formula is C70H41N3O2S. The maximum Gasteiger partial charge on any atom is 0.164 e. The van der Waals surface area contributed by atoms with Crippen molar-refractivity contribution < 1.29 is 8.83 Å². The van der Waals surface area contributed by atoms with Crippen LogP contribution in [0.25, 0.3) is 132 Å². The summed E-state index contributed by atoms with van der Waals surface area (Å²) in [6.45, 7) is 0. The number of furan rings is 2. The fourth-order valence-electron chi connectivity index (χ4n) is 12.3. The molecule has 76 heavy (non-hydrogen) atoms. The molecule has 0 amide bonds. The molecular weight excluding hydrogens is 947 g/mol. The number of fused-ring (bicyclic) bond motifs is 12. The average molecular weight is 988 g/mol. The van der Waals surface area contributed by atoms with Gasteiger partial charge in [0, 0.05) is 58.4 Å². The number of hydrogen-bond donors (Lipinski definition) is 0. The van der Waals surface area contributed by atoms with Crippen LogP contribution in [0.3, 0.4) is 0 Å². The van der Waals surface area contributed by atoms with Crippen molar-refractivity contribution in [1.29, 1.82) is 0 Å². The molecule has 6 heteroatoms. The zero-order chi connectivity index (χ0) is 49.9. The van der Waals surface area contributed by atoms with Gasteiger partial charge in [-0.2, -0.15) is 0 Å². The molecule has 0 N–H and O–H groups in total. The summed E-state index contributed by atoms with van der Waals surface area (Å²) in [4.78, 5) is 16.2. The Morgan fingerprint density at radius 1 is 0.289 bits per heavy atom. The summed E-state index contributed by atoms with van der Waals surface area (Å²) in [5.41, 5.74) is 17.6. The van der Waals surface area contributed by atoms with Crippen LogP contribution in [-0.4, -0.2) is 15.0 Å². The molecule has 1 aliphatic rings. The van der Waals surface area contributed by atoms with E-state index in [2.05, 4.69) is 206 Å². The second-order valence-corrected chi connectivity index (χ2v) is 20.8. The topological polar surface area (TPSA) is 65.0 Å². The van der Waals surface area contributed by atoms with Crippen molar-refractivity contribution >= 4 is 75.4 Å². The van der Waals surface area contributed by atoms with Crippen molar-refractivity contribution in [2.45, 2.75) is 5.41 Å². The van der Waals surface area contributed by atoms with Crippen LogP contribution in [0, 0.1) is 0 Å². The highest BCUT2D eigenvalue weighted by Crippen LogP contribution is 2.57. The van der Waals surface area contributed by atoms with E-state index in [0.29, 0.717) is 17.5 Å². The maximum atomic E-state index is 6.66. The number of para-hydroxylation sites is 1. The van der Waals surface area contributed by atoms with Gasteiger partial charge >= 0.3 is 0 Å². The normalized spacial score (nSPS) is 12.8. The van der Waals surface area contributed by atoms with Crippen LogP contribution in [0.4, 0.5) is 0 Å². The molecule has 0 saturated carbocycles. The lowest BCUT2D eigenvalue weighted by molar-refractivity contribution is 0.668. The van der Waals surface area contributed by atoms with Crippen LogP contribution in [0.1, 0.15) is 22.3 Å². The third-order valence-corrected chi connectivity index (χ3v) is 16.8. The van der Waals surface area contributed by atoms with Gasteiger partial charge < -0.3 is 8.83 Å². The van der Waals surface area contributed by atoms with Crippen LogP contribution < -0.4 is 0 Å². The fourth-order valence-corrected chi connectivity index (χ4v) is 13.5. The minimum absolute atomic E-state index is 0.466. The van der Waals surface area contributed by atoms with E-state index in [1.54, 1.807) is 11.3 Å². The summed E-state index contributed by atoms with van der Waals surface area (Å²) in [5.74, 6) is 1.73. The number of aromatic nitrogens is 3. The molecule has 0 aliphatic heterocycles. The molecule has 0 unspecified atom stereocenters. The summed E-state index contributed by atoms with van der Waals surface area (Å²) in [6.07, 6.45) is 0. The lowest BCUT2D eigenvalue weighted by Gasteiger charge is -2.34. The Labute approximate surface area is 440 Å². The zero-order valence-electron chi connectivity index (χ0n) is 40.7. The smallest absolute Gasteiger partial charge is 0.164 e. The molecule has 0 spiro atoms.